The zero-order valence-corrected chi connectivity index (χ0v) is 12.3. The van der Waals surface area contributed by atoms with E-state index in [4.69, 9.17) is 5.73 Å². The van der Waals surface area contributed by atoms with E-state index in [-0.39, 0.29) is 17.5 Å². The fourth-order valence-corrected chi connectivity index (χ4v) is 1.77. The fourth-order valence-electron chi connectivity index (χ4n) is 1.77. The van der Waals surface area contributed by atoms with Crippen molar-refractivity contribution in [1.82, 2.24) is 5.32 Å². The molecule has 0 aliphatic carbocycles. The highest BCUT2D eigenvalue weighted by Crippen LogP contribution is 2.20. The van der Waals surface area contributed by atoms with Crippen LogP contribution in [0.1, 0.15) is 36.7 Å². The van der Waals surface area contributed by atoms with Crippen molar-refractivity contribution in [2.75, 3.05) is 6.54 Å². The van der Waals surface area contributed by atoms with Gasteiger partial charge in [-0.15, -0.1) is 0 Å². The van der Waals surface area contributed by atoms with Crippen LogP contribution in [0.15, 0.2) is 18.2 Å². The first-order chi connectivity index (χ1) is 9.21. The van der Waals surface area contributed by atoms with Gasteiger partial charge in [0, 0.05) is 24.2 Å². The molecule has 0 aromatic heterocycles. The highest BCUT2D eigenvalue weighted by molar-refractivity contribution is 5.96. The lowest BCUT2D eigenvalue weighted by molar-refractivity contribution is -0.384. The van der Waals surface area contributed by atoms with Gasteiger partial charge in [0.25, 0.3) is 11.6 Å². The fraction of sp³-hybridized carbons (Fsp3) is 0.500. The van der Waals surface area contributed by atoms with Crippen molar-refractivity contribution < 1.29 is 9.72 Å². The van der Waals surface area contributed by atoms with Gasteiger partial charge >= 0.3 is 0 Å². The molecule has 20 heavy (non-hydrogen) atoms. The Bertz CT molecular complexity index is 528. The molecule has 0 fully saturated rings. The molecule has 1 aromatic carbocycles. The average Bonchev–Trinajstić information content (AvgIpc) is 2.37. The number of carbonyl (C=O) groups excluding carboxylic acids is 1. The average molecular weight is 279 g/mol. The summed E-state index contributed by atoms with van der Waals surface area (Å²) in [5, 5.41) is 13.6. The van der Waals surface area contributed by atoms with Crippen molar-refractivity contribution in [3.8, 4) is 0 Å². The van der Waals surface area contributed by atoms with E-state index in [1.54, 1.807) is 6.92 Å². The molecule has 1 atom stereocenters. The largest absolute Gasteiger partial charge is 0.345 e. The first kappa shape index (κ1) is 16.1. The van der Waals surface area contributed by atoms with E-state index < -0.39 is 10.5 Å². The predicted molar refractivity (Wildman–Crippen MR) is 77.6 cm³/mol. The topological polar surface area (TPSA) is 98.3 Å². The Hall–Kier alpha value is -1.95. The molecular weight excluding hydrogens is 258 g/mol. The molecule has 1 unspecified atom stereocenters. The van der Waals surface area contributed by atoms with Crippen LogP contribution >= 0.6 is 0 Å². The van der Waals surface area contributed by atoms with Crippen LogP contribution in [0.4, 0.5) is 5.69 Å². The van der Waals surface area contributed by atoms with Gasteiger partial charge in [-0.25, -0.2) is 0 Å². The van der Waals surface area contributed by atoms with E-state index in [1.165, 1.54) is 18.2 Å². The number of nitrogens with two attached hydrogens (primary N) is 1. The Balaban J connectivity index is 3.02. The summed E-state index contributed by atoms with van der Waals surface area (Å²) in [6, 6.07) is 4.20. The van der Waals surface area contributed by atoms with Gasteiger partial charge in [-0.2, -0.15) is 0 Å². The predicted octanol–water partition coefficient (Wildman–Crippen LogP) is 2.01. The Labute approximate surface area is 118 Å². The normalized spacial score (nSPS) is 13.9. The lowest BCUT2D eigenvalue weighted by Crippen LogP contribution is -2.55. The molecule has 1 amide bonds. The van der Waals surface area contributed by atoms with Gasteiger partial charge in [-0.3, -0.25) is 14.9 Å². The van der Waals surface area contributed by atoms with Gasteiger partial charge in [-0.1, -0.05) is 13.8 Å². The number of non-ortho nitro benzene ring substituents is 1. The molecule has 0 heterocycles. The first-order valence-electron chi connectivity index (χ1n) is 6.49. The number of nitro groups is 1. The van der Waals surface area contributed by atoms with Crippen LogP contribution in [0.3, 0.4) is 0 Å². The van der Waals surface area contributed by atoms with Gasteiger partial charge in [0.15, 0.2) is 0 Å². The summed E-state index contributed by atoms with van der Waals surface area (Å²) < 4.78 is 0. The maximum absolute atomic E-state index is 12.3. The van der Waals surface area contributed by atoms with Crippen molar-refractivity contribution in [3.05, 3.63) is 39.4 Å². The van der Waals surface area contributed by atoms with E-state index in [1.807, 2.05) is 20.8 Å². The molecule has 0 saturated carbocycles. The molecular formula is C14H21N3O3. The monoisotopic (exact) mass is 279 g/mol. The minimum absolute atomic E-state index is 0.0236. The minimum atomic E-state index is -0.509. The molecule has 6 heteroatoms. The second-order valence-electron chi connectivity index (χ2n) is 5.49. The van der Waals surface area contributed by atoms with Gasteiger partial charge in [0.2, 0.25) is 0 Å². The molecule has 0 spiro atoms. The van der Waals surface area contributed by atoms with Crippen molar-refractivity contribution in [2.24, 2.45) is 11.7 Å². The SMILES string of the molecule is Cc1cc([N+](=O)[O-])ccc1C(=O)NC(C)(CN)C(C)C. The van der Waals surface area contributed by atoms with Crippen LogP contribution in [0.5, 0.6) is 0 Å². The molecule has 0 radical (unpaired) electrons. The third kappa shape index (κ3) is 3.33. The number of amides is 1. The number of nitro benzene ring substituents is 1. The van der Waals surface area contributed by atoms with Crippen molar-refractivity contribution in [3.63, 3.8) is 0 Å². The van der Waals surface area contributed by atoms with E-state index in [0.29, 0.717) is 17.7 Å². The maximum atomic E-state index is 12.3. The standard InChI is InChI=1S/C14H21N3O3/c1-9(2)14(4,8-15)16-13(18)12-6-5-11(17(19)20)7-10(12)3/h5-7,9H,8,15H2,1-4H3,(H,16,18). The Morgan fingerprint density at radius 1 is 1.50 bits per heavy atom. The molecule has 0 aliphatic heterocycles. The highest BCUT2D eigenvalue weighted by Gasteiger charge is 2.29. The number of carbonyl (C=O) groups is 1. The van der Waals surface area contributed by atoms with Crippen LogP contribution in [0, 0.1) is 23.0 Å². The van der Waals surface area contributed by atoms with Crippen molar-refractivity contribution in [1.29, 1.82) is 0 Å². The number of hydrogen-bond acceptors (Lipinski definition) is 4. The Morgan fingerprint density at radius 3 is 2.50 bits per heavy atom. The summed E-state index contributed by atoms with van der Waals surface area (Å²) in [5.41, 5.74) is 6.20. The molecule has 3 N–H and O–H groups in total. The molecule has 110 valence electrons. The lowest BCUT2D eigenvalue weighted by atomic mass is 9.88. The van der Waals surface area contributed by atoms with Gasteiger partial charge in [0.1, 0.15) is 0 Å². The van der Waals surface area contributed by atoms with Crippen LogP contribution in [0.25, 0.3) is 0 Å². The van der Waals surface area contributed by atoms with Gasteiger partial charge in [-0.05, 0) is 31.4 Å². The second kappa shape index (κ2) is 6.00. The second-order valence-corrected chi connectivity index (χ2v) is 5.49. The van der Waals surface area contributed by atoms with E-state index >= 15 is 0 Å². The summed E-state index contributed by atoms with van der Waals surface area (Å²) in [7, 11) is 0. The van der Waals surface area contributed by atoms with Crippen molar-refractivity contribution >= 4 is 11.6 Å². The Morgan fingerprint density at radius 2 is 2.10 bits per heavy atom. The third-order valence-corrected chi connectivity index (χ3v) is 3.76. The zero-order chi connectivity index (χ0) is 15.5. The van der Waals surface area contributed by atoms with Gasteiger partial charge < -0.3 is 11.1 Å². The number of aryl methyl sites for hydroxylation is 1. The first-order valence-corrected chi connectivity index (χ1v) is 6.49. The molecule has 0 bridgehead atoms. The van der Waals surface area contributed by atoms with Crippen LogP contribution in [-0.2, 0) is 0 Å². The van der Waals surface area contributed by atoms with E-state index in [9.17, 15) is 14.9 Å². The van der Waals surface area contributed by atoms with Crippen LogP contribution in [0.2, 0.25) is 0 Å². The van der Waals surface area contributed by atoms with Crippen LogP contribution in [-0.4, -0.2) is 22.9 Å². The molecule has 6 nitrogen and oxygen atoms in total. The summed E-state index contributed by atoms with van der Waals surface area (Å²) in [6.07, 6.45) is 0. The molecule has 1 aromatic rings. The maximum Gasteiger partial charge on any atom is 0.269 e. The third-order valence-electron chi connectivity index (χ3n) is 3.76. The van der Waals surface area contributed by atoms with E-state index in [2.05, 4.69) is 5.32 Å². The number of rotatable bonds is 5. The summed E-state index contributed by atoms with van der Waals surface area (Å²) >= 11 is 0. The zero-order valence-electron chi connectivity index (χ0n) is 12.3. The lowest BCUT2D eigenvalue weighted by Gasteiger charge is -2.33. The Kier molecular flexibility index (Phi) is 4.83. The van der Waals surface area contributed by atoms with E-state index in [0.717, 1.165) is 0 Å². The number of benzene rings is 1. The summed E-state index contributed by atoms with van der Waals surface area (Å²) in [6.45, 7) is 7.85. The summed E-state index contributed by atoms with van der Waals surface area (Å²) in [4.78, 5) is 22.5. The van der Waals surface area contributed by atoms with Crippen LogP contribution < -0.4 is 11.1 Å². The molecule has 1 rings (SSSR count). The van der Waals surface area contributed by atoms with Crippen molar-refractivity contribution in [2.45, 2.75) is 33.2 Å². The molecule has 0 saturated heterocycles. The smallest absolute Gasteiger partial charge is 0.269 e. The quantitative estimate of drug-likeness (QED) is 0.636. The number of nitrogens with one attached hydrogen (secondary N) is 1. The molecule has 0 aliphatic rings. The highest BCUT2D eigenvalue weighted by atomic mass is 16.6. The number of nitrogens with zero attached hydrogens (tertiary/aromatic N) is 1. The summed E-state index contributed by atoms with van der Waals surface area (Å²) in [5.74, 6) is -0.0890. The van der Waals surface area contributed by atoms with Gasteiger partial charge in [0.05, 0.1) is 10.5 Å². The minimum Gasteiger partial charge on any atom is -0.345 e. The number of hydrogen-bond donors (Lipinski definition) is 2.